The van der Waals surface area contributed by atoms with Crippen LogP contribution in [0.3, 0.4) is 0 Å². The molecule has 1 unspecified atom stereocenters. The largest absolute Gasteiger partial charge is 0.496 e. The smallest absolute Gasteiger partial charge is 0.227 e. The van der Waals surface area contributed by atoms with Crippen molar-refractivity contribution in [3.05, 3.63) is 59.7 Å². The Morgan fingerprint density at radius 1 is 1.03 bits per heavy atom. The van der Waals surface area contributed by atoms with E-state index in [9.17, 15) is 4.79 Å². The molecule has 33 heavy (non-hydrogen) atoms. The minimum Gasteiger partial charge on any atom is -0.496 e. The maximum absolute atomic E-state index is 12.0. The van der Waals surface area contributed by atoms with Crippen LogP contribution in [0, 0.1) is 0 Å². The number of guanidine groups is 1. The van der Waals surface area contributed by atoms with Crippen molar-refractivity contribution in [2.75, 3.05) is 45.2 Å². The number of carbonyl (C=O) groups excluding carboxylic acids is 1. The summed E-state index contributed by atoms with van der Waals surface area (Å²) in [6.45, 7) is 4.43. The number of nitrogens with one attached hydrogen (secondary N) is 2. The Kier molecular flexibility index (Phi) is 7.83. The van der Waals surface area contributed by atoms with E-state index in [1.807, 2.05) is 29.2 Å². The van der Waals surface area contributed by atoms with Crippen molar-refractivity contribution in [2.45, 2.75) is 38.3 Å². The zero-order valence-corrected chi connectivity index (χ0v) is 19.7. The van der Waals surface area contributed by atoms with Crippen molar-refractivity contribution >= 4 is 17.6 Å². The predicted molar refractivity (Wildman–Crippen MR) is 133 cm³/mol. The van der Waals surface area contributed by atoms with Gasteiger partial charge < -0.3 is 20.3 Å². The van der Waals surface area contributed by atoms with Gasteiger partial charge in [0.1, 0.15) is 5.75 Å². The van der Waals surface area contributed by atoms with Gasteiger partial charge in [-0.2, -0.15) is 0 Å². The highest BCUT2D eigenvalue weighted by Gasteiger charge is 2.26. The second-order valence-corrected chi connectivity index (χ2v) is 8.62. The van der Waals surface area contributed by atoms with Crippen molar-refractivity contribution in [2.24, 2.45) is 4.99 Å². The highest BCUT2D eigenvalue weighted by molar-refractivity contribution is 5.95. The van der Waals surface area contributed by atoms with E-state index < -0.39 is 0 Å². The Morgan fingerprint density at radius 2 is 1.79 bits per heavy atom. The maximum Gasteiger partial charge on any atom is 0.227 e. The number of hydrogen-bond donors (Lipinski definition) is 2. The third kappa shape index (κ3) is 5.66. The summed E-state index contributed by atoms with van der Waals surface area (Å²) >= 11 is 0. The van der Waals surface area contributed by atoms with Gasteiger partial charge in [0.05, 0.1) is 13.2 Å². The molecular weight excluding hydrogens is 414 g/mol. The van der Waals surface area contributed by atoms with Crippen molar-refractivity contribution in [3.63, 3.8) is 0 Å². The predicted octanol–water partition coefficient (Wildman–Crippen LogP) is 3.32. The molecule has 2 fully saturated rings. The number of aliphatic imine (C=N–C) groups is 1. The minimum absolute atomic E-state index is 0.216. The Bertz CT molecular complexity index is 953. The van der Waals surface area contributed by atoms with Crippen LogP contribution in [0.4, 0.5) is 5.69 Å². The molecule has 7 nitrogen and oxygen atoms in total. The molecule has 2 heterocycles. The van der Waals surface area contributed by atoms with Crippen LogP contribution in [0.5, 0.6) is 5.75 Å². The normalized spacial score (nSPS) is 17.9. The topological polar surface area (TPSA) is 69.2 Å². The Balaban J connectivity index is 1.36. The summed E-state index contributed by atoms with van der Waals surface area (Å²) in [6, 6.07) is 16.7. The van der Waals surface area contributed by atoms with Crippen molar-refractivity contribution in [1.29, 1.82) is 0 Å². The summed E-state index contributed by atoms with van der Waals surface area (Å²) in [4.78, 5) is 20.8. The standard InChI is InChI=1S/C26H35N5O2/c1-27-26(28-18-20-11-13-21(14-12-20)31-17-7-10-25(31)32)29-19-23(30-15-5-6-16-30)22-8-3-4-9-24(22)33-2/h3-4,8-9,11-14,23H,5-7,10,15-19H2,1-2H3,(H2,27,28,29). The van der Waals surface area contributed by atoms with E-state index in [0.717, 1.165) is 55.6 Å². The minimum atomic E-state index is 0.216. The van der Waals surface area contributed by atoms with Gasteiger partial charge in [0, 0.05) is 44.4 Å². The van der Waals surface area contributed by atoms with Gasteiger partial charge in [-0.05, 0) is 56.1 Å². The van der Waals surface area contributed by atoms with Crippen LogP contribution in [0.1, 0.15) is 42.9 Å². The lowest BCUT2D eigenvalue weighted by Crippen LogP contribution is -2.42. The van der Waals surface area contributed by atoms with Crippen LogP contribution in [-0.2, 0) is 11.3 Å². The van der Waals surface area contributed by atoms with Crippen LogP contribution in [0.15, 0.2) is 53.5 Å². The van der Waals surface area contributed by atoms with Crippen molar-refractivity contribution in [3.8, 4) is 5.75 Å². The van der Waals surface area contributed by atoms with Gasteiger partial charge in [-0.25, -0.2) is 0 Å². The molecule has 0 bridgehead atoms. The summed E-state index contributed by atoms with van der Waals surface area (Å²) < 4.78 is 5.65. The fourth-order valence-electron chi connectivity index (χ4n) is 4.75. The first kappa shape index (κ1) is 23.1. The molecule has 0 aliphatic carbocycles. The average Bonchev–Trinajstić information content (AvgIpc) is 3.54. The lowest BCUT2D eigenvalue weighted by molar-refractivity contribution is -0.117. The molecule has 1 amide bonds. The molecule has 2 aliphatic heterocycles. The molecule has 2 aromatic carbocycles. The number of rotatable bonds is 8. The number of anilines is 1. The highest BCUT2D eigenvalue weighted by Crippen LogP contribution is 2.31. The summed E-state index contributed by atoms with van der Waals surface area (Å²) in [6.07, 6.45) is 4.06. The monoisotopic (exact) mass is 449 g/mol. The molecule has 2 saturated heterocycles. The van der Waals surface area contributed by atoms with Crippen LogP contribution in [-0.4, -0.2) is 57.1 Å². The first-order chi connectivity index (χ1) is 16.2. The molecule has 0 saturated carbocycles. The molecule has 7 heteroatoms. The van der Waals surface area contributed by atoms with Crippen molar-refractivity contribution in [1.82, 2.24) is 15.5 Å². The van der Waals surface area contributed by atoms with Crippen LogP contribution >= 0.6 is 0 Å². The number of hydrogen-bond acceptors (Lipinski definition) is 4. The van der Waals surface area contributed by atoms with Gasteiger partial charge in [0.2, 0.25) is 5.91 Å². The summed E-state index contributed by atoms with van der Waals surface area (Å²) in [5.41, 5.74) is 3.33. The second-order valence-electron chi connectivity index (χ2n) is 8.62. The molecule has 176 valence electrons. The lowest BCUT2D eigenvalue weighted by Gasteiger charge is -2.30. The summed E-state index contributed by atoms with van der Waals surface area (Å²) in [5, 5.41) is 6.94. The van der Waals surface area contributed by atoms with Crippen molar-refractivity contribution < 1.29 is 9.53 Å². The quantitative estimate of drug-likeness (QED) is 0.478. The molecule has 4 rings (SSSR count). The molecule has 1 atom stereocenters. The first-order valence-corrected chi connectivity index (χ1v) is 11.9. The molecule has 0 aromatic heterocycles. The Hall–Kier alpha value is -3.06. The van der Waals surface area contributed by atoms with Gasteiger partial charge in [0.25, 0.3) is 0 Å². The summed E-state index contributed by atoms with van der Waals surface area (Å²) in [7, 11) is 3.53. The number of carbonyl (C=O) groups is 1. The summed E-state index contributed by atoms with van der Waals surface area (Å²) in [5.74, 6) is 1.91. The van der Waals surface area contributed by atoms with Gasteiger partial charge in [-0.3, -0.25) is 14.7 Å². The Labute approximate surface area is 196 Å². The van der Waals surface area contributed by atoms with Crippen LogP contribution in [0.2, 0.25) is 0 Å². The zero-order chi connectivity index (χ0) is 23.0. The number of methoxy groups -OCH3 is 1. The van der Waals surface area contributed by atoms with Gasteiger partial charge in [-0.1, -0.05) is 30.3 Å². The molecule has 2 N–H and O–H groups in total. The fraction of sp³-hybridized carbons (Fsp3) is 0.462. The van der Waals surface area contributed by atoms with E-state index in [-0.39, 0.29) is 11.9 Å². The SMILES string of the molecule is CN=C(NCc1ccc(N2CCCC2=O)cc1)NCC(c1ccccc1OC)N1CCCC1. The average molecular weight is 450 g/mol. The highest BCUT2D eigenvalue weighted by atomic mass is 16.5. The molecule has 2 aliphatic rings. The lowest BCUT2D eigenvalue weighted by atomic mass is 10.0. The molecule has 0 spiro atoms. The second kappa shape index (κ2) is 11.2. The van der Waals surface area contributed by atoms with E-state index >= 15 is 0 Å². The molecule has 0 radical (unpaired) electrons. The number of nitrogens with zero attached hydrogens (tertiary/aromatic N) is 3. The van der Waals surface area contributed by atoms with Crippen LogP contribution < -0.4 is 20.3 Å². The van der Waals surface area contributed by atoms with Gasteiger partial charge >= 0.3 is 0 Å². The number of para-hydroxylation sites is 1. The van der Waals surface area contributed by atoms with E-state index in [4.69, 9.17) is 4.74 Å². The molecular formula is C26H35N5O2. The number of amides is 1. The third-order valence-electron chi connectivity index (χ3n) is 6.55. The van der Waals surface area contributed by atoms with Gasteiger partial charge in [0.15, 0.2) is 5.96 Å². The number of benzene rings is 2. The zero-order valence-electron chi connectivity index (χ0n) is 19.7. The molecule has 2 aromatic rings. The Morgan fingerprint density at radius 3 is 2.45 bits per heavy atom. The van der Waals surface area contributed by atoms with E-state index in [0.29, 0.717) is 13.0 Å². The van der Waals surface area contributed by atoms with E-state index in [2.05, 4.69) is 44.8 Å². The number of ether oxygens (including phenoxy) is 1. The maximum atomic E-state index is 12.0. The van der Waals surface area contributed by atoms with E-state index in [1.165, 1.54) is 18.4 Å². The third-order valence-corrected chi connectivity index (χ3v) is 6.55. The number of likely N-dealkylation sites (tertiary alicyclic amines) is 1. The first-order valence-electron chi connectivity index (χ1n) is 11.9. The van der Waals surface area contributed by atoms with E-state index in [1.54, 1.807) is 14.2 Å². The van der Waals surface area contributed by atoms with Gasteiger partial charge in [-0.15, -0.1) is 0 Å². The fourth-order valence-corrected chi connectivity index (χ4v) is 4.75. The van der Waals surface area contributed by atoms with Crippen LogP contribution in [0.25, 0.3) is 0 Å².